The van der Waals surface area contributed by atoms with Gasteiger partial charge in [0, 0.05) is 18.7 Å². The van der Waals surface area contributed by atoms with Crippen molar-refractivity contribution in [2.45, 2.75) is 24.7 Å². The number of carbonyl (C=O) groups excluding carboxylic acids is 1. The summed E-state index contributed by atoms with van der Waals surface area (Å²) >= 11 is 0. The van der Waals surface area contributed by atoms with Crippen molar-refractivity contribution in [1.82, 2.24) is 9.62 Å². The standard InChI is InChI=1S/C16H22N2O4S/c1-3-5-11-18(12-13-19)16(20)14-6-8-15(9-7-14)23(21,22)17-10-4-2/h2,6-9,17,19H,3,5,10-13H2,1H3. The molecule has 0 heterocycles. The molecule has 1 aromatic carbocycles. The number of aliphatic hydroxyl groups is 1. The first-order valence-corrected chi connectivity index (χ1v) is 8.88. The fourth-order valence-corrected chi connectivity index (χ4v) is 2.90. The van der Waals surface area contributed by atoms with Crippen LogP contribution in [0.1, 0.15) is 30.1 Å². The van der Waals surface area contributed by atoms with Gasteiger partial charge in [-0.1, -0.05) is 19.3 Å². The number of hydrogen-bond acceptors (Lipinski definition) is 4. The van der Waals surface area contributed by atoms with Crippen molar-refractivity contribution in [3.8, 4) is 12.3 Å². The van der Waals surface area contributed by atoms with E-state index in [1.54, 1.807) is 4.90 Å². The molecule has 0 fully saturated rings. The van der Waals surface area contributed by atoms with E-state index in [0.29, 0.717) is 12.1 Å². The molecule has 0 aliphatic rings. The van der Waals surface area contributed by atoms with Gasteiger partial charge in [0.2, 0.25) is 10.0 Å². The Balaban J connectivity index is 2.90. The van der Waals surface area contributed by atoms with Gasteiger partial charge in [0.15, 0.2) is 0 Å². The predicted octanol–water partition coefficient (Wildman–Crippen LogP) is 0.833. The van der Waals surface area contributed by atoms with Gasteiger partial charge in [0.25, 0.3) is 5.91 Å². The van der Waals surface area contributed by atoms with E-state index in [1.807, 2.05) is 6.92 Å². The summed E-state index contributed by atoms with van der Waals surface area (Å²) in [6.07, 6.45) is 6.81. The molecule has 6 nitrogen and oxygen atoms in total. The lowest BCUT2D eigenvalue weighted by Crippen LogP contribution is -2.34. The van der Waals surface area contributed by atoms with E-state index in [0.717, 1.165) is 12.8 Å². The third kappa shape index (κ3) is 5.67. The maximum atomic E-state index is 12.4. The third-order valence-corrected chi connectivity index (χ3v) is 4.63. The first kappa shape index (κ1) is 19.2. The summed E-state index contributed by atoms with van der Waals surface area (Å²) in [5.74, 6) is 1.97. The Morgan fingerprint density at radius 2 is 1.96 bits per heavy atom. The lowest BCUT2D eigenvalue weighted by molar-refractivity contribution is 0.0719. The predicted molar refractivity (Wildman–Crippen MR) is 88.4 cm³/mol. The monoisotopic (exact) mass is 338 g/mol. The summed E-state index contributed by atoms with van der Waals surface area (Å²) in [5, 5.41) is 9.07. The minimum absolute atomic E-state index is 0.0477. The van der Waals surface area contributed by atoms with Gasteiger partial charge < -0.3 is 10.0 Å². The lowest BCUT2D eigenvalue weighted by Gasteiger charge is -2.21. The van der Waals surface area contributed by atoms with Crippen molar-refractivity contribution in [1.29, 1.82) is 0 Å². The Morgan fingerprint density at radius 1 is 1.30 bits per heavy atom. The van der Waals surface area contributed by atoms with Crippen LogP contribution in [0, 0.1) is 12.3 Å². The number of aliphatic hydroxyl groups excluding tert-OH is 1. The second-order valence-electron chi connectivity index (χ2n) is 4.92. The summed E-state index contributed by atoms with van der Waals surface area (Å²) in [6, 6.07) is 5.65. The molecule has 7 heteroatoms. The topological polar surface area (TPSA) is 86.7 Å². The maximum Gasteiger partial charge on any atom is 0.253 e. The number of sulfonamides is 1. The smallest absolute Gasteiger partial charge is 0.253 e. The van der Waals surface area contributed by atoms with Gasteiger partial charge >= 0.3 is 0 Å². The van der Waals surface area contributed by atoms with Crippen LogP contribution in [-0.4, -0.2) is 50.6 Å². The summed E-state index contributed by atoms with van der Waals surface area (Å²) in [6.45, 7) is 2.62. The molecule has 0 bridgehead atoms. The molecule has 126 valence electrons. The zero-order chi connectivity index (χ0) is 17.3. The Kier molecular flexibility index (Phi) is 7.75. The molecule has 0 radical (unpaired) electrons. The molecule has 1 amide bonds. The van der Waals surface area contributed by atoms with Crippen LogP contribution in [0.2, 0.25) is 0 Å². The van der Waals surface area contributed by atoms with Crippen LogP contribution in [0.3, 0.4) is 0 Å². The molecule has 0 aliphatic carbocycles. The number of carbonyl (C=O) groups is 1. The van der Waals surface area contributed by atoms with Crippen LogP contribution in [0.4, 0.5) is 0 Å². The van der Waals surface area contributed by atoms with E-state index >= 15 is 0 Å². The minimum Gasteiger partial charge on any atom is -0.395 e. The van der Waals surface area contributed by atoms with Crippen molar-refractivity contribution in [2.24, 2.45) is 0 Å². The number of amides is 1. The summed E-state index contributed by atoms with van der Waals surface area (Å²) in [5.41, 5.74) is 0.380. The van der Waals surface area contributed by atoms with Crippen molar-refractivity contribution in [2.75, 3.05) is 26.2 Å². The molecule has 0 atom stereocenters. The summed E-state index contributed by atoms with van der Waals surface area (Å²) < 4.78 is 26.1. The van der Waals surface area contributed by atoms with E-state index in [-0.39, 0.29) is 30.5 Å². The van der Waals surface area contributed by atoms with E-state index in [9.17, 15) is 13.2 Å². The number of nitrogens with zero attached hydrogens (tertiary/aromatic N) is 1. The SMILES string of the molecule is C#CCNS(=O)(=O)c1ccc(C(=O)N(CCO)CCCC)cc1. The van der Waals surface area contributed by atoms with Crippen LogP contribution >= 0.6 is 0 Å². The van der Waals surface area contributed by atoms with E-state index in [2.05, 4.69) is 10.6 Å². The normalized spacial score (nSPS) is 11.0. The van der Waals surface area contributed by atoms with Crippen LogP contribution in [0.5, 0.6) is 0 Å². The minimum atomic E-state index is -3.67. The summed E-state index contributed by atoms with van der Waals surface area (Å²) in [4.78, 5) is 14.0. The Morgan fingerprint density at radius 3 is 2.48 bits per heavy atom. The highest BCUT2D eigenvalue weighted by molar-refractivity contribution is 7.89. The fourth-order valence-electron chi connectivity index (χ4n) is 1.96. The zero-order valence-corrected chi connectivity index (χ0v) is 14.0. The Hall–Kier alpha value is -1.88. The maximum absolute atomic E-state index is 12.4. The van der Waals surface area contributed by atoms with Gasteiger partial charge in [-0.05, 0) is 30.7 Å². The van der Waals surface area contributed by atoms with E-state index in [4.69, 9.17) is 11.5 Å². The van der Waals surface area contributed by atoms with Crippen LogP contribution < -0.4 is 4.72 Å². The van der Waals surface area contributed by atoms with Crippen LogP contribution in [0.25, 0.3) is 0 Å². The molecule has 0 saturated heterocycles. The fraction of sp³-hybridized carbons (Fsp3) is 0.438. The van der Waals surface area contributed by atoms with Crippen LogP contribution in [-0.2, 0) is 10.0 Å². The molecule has 0 aromatic heterocycles. The highest BCUT2D eigenvalue weighted by atomic mass is 32.2. The Bertz CT molecular complexity index is 648. The second kappa shape index (κ2) is 9.30. The molecular weight excluding hydrogens is 316 g/mol. The number of unbranched alkanes of at least 4 members (excludes halogenated alkanes) is 1. The van der Waals surface area contributed by atoms with Gasteiger partial charge in [-0.15, -0.1) is 6.42 Å². The largest absolute Gasteiger partial charge is 0.395 e. The number of rotatable bonds is 9. The highest BCUT2D eigenvalue weighted by Gasteiger charge is 2.17. The van der Waals surface area contributed by atoms with Crippen molar-refractivity contribution < 1.29 is 18.3 Å². The lowest BCUT2D eigenvalue weighted by atomic mass is 10.2. The molecule has 1 rings (SSSR count). The van der Waals surface area contributed by atoms with E-state index in [1.165, 1.54) is 24.3 Å². The molecule has 1 aromatic rings. The van der Waals surface area contributed by atoms with Gasteiger partial charge in [-0.3, -0.25) is 4.79 Å². The number of benzene rings is 1. The van der Waals surface area contributed by atoms with Gasteiger partial charge in [-0.2, -0.15) is 4.72 Å². The molecule has 0 spiro atoms. The highest BCUT2D eigenvalue weighted by Crippen LogP contribution is 2.12. The van der Waals surface area contributed by atoms with Gasteiger partial charge in [0.05, 0.1) is 18.0 Å². The number of nitrogens with one attached hydrogen (secondary N) is 1. The molecule has 0 aliphatic heterocycles. The van der Waals surface area contributed by atoms with E-state index < -0.39 is 10.0 Å². The molecule has 23 heavy (non-hydrogen) atoms. The number of terminal acetylenes is 1. The molecule has 0 saturated carbocycles. The van der Waals surface area contributed by atoms with Crippen molar-refractivity contribution in [3.63, 3.8) is 0 Å². The molecule has 0 unspecified atom stereocenters. The third-order valence-electron chi connectivity index (χ3n) is 3.21. The van der Waals surface area contributed by atoms with Gasteiger partial charge in [0.1, 0.15) is 0 Å². The van der Waals surface area contributed by atoms with Crippen LogP contribution in [0.15, 0.2) is 29.2 Å². The Labute approximate surface area is 137 Å². The summed E-state index contributed by atoms with van der Waals surface area (Å²) in [7, 11) is -3.67. The molecular formula is C16H22N2O4S. The second-order valence-corrected chi connectivity index (χ2v) is 6.69. The number of hydrogen-bond donors (Lipinski definition) is 2. The first-order valence-electron chi connectivity index (χ1n) is 7.39. The quantitative estimate of drug-likeness (QED) is 0.653. The molecule has 2 N–H and O–H groups in total. The average Bonchev–Trinajstić information content (AvgIpc) is 2.56. The van der Waals surface area contributed by atoms with Crippen molar-refractivity contribution >= 4 is 15.9 Å². The average molecular weight is 338 g/mol. The van der Waals surface area contributed by atoms with Crippen molar-refractivity contribution in [3.05, 3.63) is 29.8 Å². The van der Waals surface area contributed by atoms with Gasteiger partial charge in [-0.25, -0.2) is 8.42 Å². The first-order chi connectivity index (χ1) is 11.0. The zero-order valence-electron chi connectivity index (χ0n) is 13.2.